The highest BCUT2D eigenvalue weighted by atomic mass is 32.2. The fraction of sp³-hybridized carbons (Fsp3) is 0.727. The molecular formula is C11H18N2O7S. The predicted octanol–water partition coefficient (Wildman–Crippen LogP) is -2.15. The molecule has 1 rings (SSSR count). The summed E-state index contributed by atoms with van der Waals surface area (Å²) in [6.45, 7) is 2.39. The number of sulfone groups is 1. The standard InChI is InChI=1S/C11H18N2O7S/c1-8(14)12-9(11(16)17)6-21(18,19)7-10(15)13-2-4-20-5-3-13/h9H,2-7H2,1H3,(H,12,14)(H,16,17)/t9-/m0/s1. The highest BCUT2D eigenvalue weighted by Gasteiger charge is 2.29. The fourth-order valence-electron chi connectivity index (χ4n) is 1.83. The Balaban J connectivity index is 2.64. The van der Waals surface area contributed by atoms with E-state index in [4.69, 9.17) is 9.84 Å². The largest absolute Gasteiger partial charge is 0.480 e. The van der Waals surface area contributed by atoms with Crippen LogP contribution in [0.5, 0.6) is 0 Å². The Morgan fingerprint density at radius 1 is 1.29 bits per heavy atom. The van der Waals surface area contributed by atoms with Crippen molar-refractivity contribution in [2.75, 3.05) is 37.8 Å². The molecule has 0 aromatic heterocycles. The molecule has 1 fully saturated rings. The number of morpholine rings is 1. The van der Waals surface area contributed by atoms with Gasteiger partial charge in [-0.15, -0.1) is 0 Å². The highest BCUT2D eigenvalue weighted by Crippen LogP contribution is 2.03. The normalized spacial score (nSPS) is 17.1. The molecule has 0 spiro atoms. The number of nitrogens with zero attached hydrogens (tertiary/aromatic N) is 1. The minimum absolute atomic E-state index is 0.308. The molecule has 0 aromatic carbocycles. The maximum atomic E-state index is 11.9. The van der Waals surface area contributed by atoms with Gasteiger partial charge in [-0.25, -0.2) is 13.2 Å². The van der Waals surface area contributed by atoms with E-state index in [0.717, 1.165) is 6.92 Å². The SMILES string of the molecule is CC(=O)N[C@@H](CS(=O)(=O)CC(=O)N1CCOCC1)C(=O)O. The van der Waals surface area contributed by atoms with Crippen molar-refractivity contribution in [2.45, 2.75) is 13.0 Å². The topological polar surface area (TPSA) is 130 Å². The van der Waals surface area contributed by atoms with Gasteiger partial charge in [0.1, 0.15) is 11.8 Å². The molecule has 0 aromatic rings. The second kappa shape index (κ2) is 7.36. The van der Waals surface area contributed by atoms with Crippen LogP contribution in [0.15, 0.2) is 0 Å². The van der Waals surface area contributed by atoms with Crippen molar-refractivity contribution in [1.29, 1.82) is 0 Å². The average Bonchev–Trinajstić information content (AvgIpc) is 2.37. The van der Waals surface area contributed by atoms with Crippen molar-refractivity contribution < 1.29 is 32.6 Å². The van der Waals surface area contributed by atoms with Crippen LogP contribution in [-0.4, -0.2) is 80.1 Å². The quantitative estimate of drug-likeness (QED) is 0.570. The highest BCUT2D eigenvalue weighted by molar-refractivity contribution is 7.92. The number of amides is 2. The Hall–Kier alpha value is -1.68. The first-order valence-corrected chi connectivity index (χ1v) is 8.09. The fourth-order valence-corrected chi connectivity index (χ4v) is 3.24. The lowest BCUT2D eigenvalue weighted by Crippen LogP contribution is -2.47. The van der Waals surface area contributed by atoms with E-state index >= 15 is 0 Å². The summed E-state index contributed by atoms with van der Waals surface area (Å²) in [6.07, 6.45) is 0. The van der Waals surface area contributed by atoms with Crippen molar-refractivity contribution >= 4 is 27.6 Å². The van der Waals surface area contributed by atoms with Gasteiger partial charge in [0.25, 0.3) is 0 Å². The minimum Gasteiger partial charge on any atom is -0.480 e. The molecule has 10 heteroatoms. The van der Waals surface area contributed by atoms with E-state index in [1.165, 1.54) is 4.90 Å². The molecule has 0 unspecified atom stereocenters. The zero-order chi connectivity index (χ0) is 16.0. The number of ether oxygens (including phenoxy) is 1. The van der Waals surface area contributed by atoms with E-state index in [2.05, 4.69) is 0 Å². The van der Waals surface area contributed by atoms with Crippen molar-refractivity contribution in [3.63, 3.8) is 0 Å². The number of aliphatic carboxylic acids is 1. The van der Waals surface area contributed by atoms with Crippen molar-refractivity contribution in [2.24, 2.45) is 0 Å². The van der Waals surface area contributed by atoms with Crippen molar-refractivity contribution in [3.05, 3.63) is 0 Å². The molecule has 0 saturated carbocycles. The first kappa shape index (κ1) is 17.4. The summed E-state index contributed by atoms with van der Waals surface area (Å²) in [5, 5.41) is 10.9. The van der Waals surface area contributed by atoms with E-state index in [-0.39, 0.29) is 0 Å². The van der Waals surface area contributed by atoms with E-state index in [1.807, 2.05) is 5.32 Å². The van der Waals surface area contributed by atoms with Gasteiger partial charge in [-0.3, -0.25) is 9.59 Å². The summed E-state index contributed by atoms with van der Waals surface area (Å²) in [5.41, 5.74) is 0. The molecule has 2 N–H and O–H groups in total. The van der Waals surface area contributed by atoms with Crippen LogP contribution in [-0.2, 0) is 29.0 Å². The van der Waals surface area contributed by atoms with Gasteiger partial charge in [0.2, 0.25) is 11.8 Å². The van der Waals surface area contributed by atoms with Crippen LogP contribution in [0.2, 0.25) is 0 Å². The average molecular weight is 322 g/mol. The Morgan fingerprint density at radius 2 is 1.86 bits per heavy atom. The molecule has 0 aliphatic carbocycles. The molecule has 9 nitrogen and oxygen atoms in total. The molecule has 1 aliphatic heterocycles. The van der Waals surface area contributed by atoms with Crippen LogP contribution in [0.4, 0.5) is 0 Å². The van der Waals surface area contributed by atoms with Gasteiger partial charge in [-0.05, 0) is 0 Å². The lowest BCUT2D eigenvalue weighted by molar-refractivity contribution is -0.140. The van der Waals surface area contributed by atoms with E-state index in [1.54, 1.807) is 0 Å². The monoisotopic (exact) mass is 322 g/mol. The van der Waals surface area contributed by atoms with Crippen LogP contribution in [0, 0.1) is 0 Å². The minimum atomic E-state index is -3.95. The Morgan fingerprint density at radius 3 is 2.33 bits per heavy atom. The molecule has 1 atom stereocenters. The zero-order valence-corrected chi connectivity index (χ0v) is 12.4. The number of carbonyl (C=O) groups is 3. The van der Waals surface area contributed by atoms with Gasteiger partial charge in [0.05, 0.1) is 19.0 Å². The molecule has 21 heavy (non-hydrogen) atoms. The first-order chi connectivity index (χ1) is 9.71. The van der Waals surface area contributed by atoms with Gasteiger partial charge in [0.15, 0.2) is 9.84 Å². The Labute approximate surface area is 122 Å². The predicted molar refractivity (Wildman–Crippen MR) is 71.3 cm³/mol. The molecule has 1 heterocycles. The number of hydrogen-bond donors (Lipinski definition) is 2. The van der Waals surface area contributed by atoms with Crippen LogP contribution < -0.4 is 5.32 Å². The van der Waals surface area contributed by atoms with Gasteiger partial charge >= 0.3 is 5.97 Å². The third-order valence-electron chi connectivity index (χ3n) is 2.80. The summed E-state index contributed by atoms with van der Waals surface area (Å²) < 4.78 is 28.8. The molecule has 1 aliphatic rings. The maximum absolute atomic E-state index is 11.9. The second-order valence-corrected chi connectivity index (χ2v) is 6.75. The molecular weight excluding hydrogens is 304 g/mol. The summed E-state index contributed by atoms with van der Waals surface area (Å²) >= 11 is 0. The van der Waals surface area contributed by atoms with Crippen LogP contribution in [0.3, 0.4) is 0 Å². The number of carboxylic acids is 1. The lowest BCUT2D eigenvalue weighted by atomic mass is 10.3. The number of hydrogen-bond acceptors (Lipinski definition) is 6. The number of carboxylic acid groups (broad SMARTS) is 1. The summed E-state index contributed by atoms with van der Waals surface area (Å²) in [7, 11) is -3.95. The van der Waals surface area contributed by atoms with Crippen LogP contribution in [0.25, 0.3) is 0 Å². The molecule has 120 valence electrons. The molecule has 1 saturated heterocycles. The number of nitrogens with one attached hydrogen (secondary N) is 1. The van der Waals surface area contributed by atoms with Gasteiger partial charge in [-0.1, -0.05) is 0 Å². The van der Waals surface area contributed by atoms with Gasteiger partial charge in [-0.2, -0.15) is 0 Å². The van der Waals surface area contributed by atoms with E-state index in [9.17, 15) is 22.8 Å². The summed E-state index contributed by atoms with van der Waals surface area (Å²) in [5.74, 6) is -4.32. The zero-order valence-electron chi connectivity index (χ0n) is 11.6. The summed E-state index contributed by atoms with van der Waals surface area (Å²) in [6, 6.07) is -1.56. The first-order valence-electron chi connectivity index (χ1n) is 6.27. The molecule has 0 bridgehead atoms. The smallest absolute Gasteiger partial charge is 0.327 e. The van der Waals surface area contributed by atoms with Crippen molar-refractivity contribution in [1.82, 2.24) is 10.2 Å². The van der Waals surface area contributed by atoms with Crippen LogP contribution in [0.1, 0.15) is 6.92 Å². The summed E-state index contributed by atoms with van der Waals surface area (Å²) in [4.78, 5) is 35.0. The Kier molecular flexibility index (Phi) is 6.09. The lowest BCUT2D eigenvalue weighted by Gasteiger charge is -2.26. The van der Waals surface area contributed by atoms with E-state index in [0.29, 0.717) is 26.3 Å². The third kappa shape index (κ3) is 6.08. The maximum Gasteiger partial charge on any atom is 0.327 e. The van der Waals surface area contributed by atoms with E-state index < -0.39 is 45.2 Å². The van der Waals surface area contributed by atoms with Gasteiger partial charge in [0, 0.05) is 20.0 Å². The second-order valence-electron chi connectivity index (χ2n) is 4.64. The van der Waals surface area contributed by atoms with Crippen LogP contribution >= 0.6 is 0 Å². The third-order valence-corrected chi connectivity index (χ3v) is 4.33. The van der Waals surface area contributed by atoms with Crippen molar-refractivity contribution in [3.8, 4) is 0 Å². The van der Waals surface area contributed by atoms with Gasteiger partial charge < -0.3 is 20.1 Å². The number of carbonyl (C=O) groups excluding carboxylic acids is 2. The number of rotatable bonds is 6. The molecule has 0 radical (unpaired) electrons. The Bertz CT molecular complexity index is 511. The molecule has 2 amide bonds.